The minimum Gasteiger partial charge on any atom is -0.469 e. The van der Waals surface area contributed by atoms with Gasteiger partial charge in [0, 0.05) is 11.9 Å². The number of anilines is 1. The van der Waals surface area contributed by atoms with Gasteiger partial charge in [-0.1, -0.05) is 0 Å². The van der Waals surface area contributed by atoms with Crippen molar-refractivity contribution in [3.63, 3.8) is 0 Å². The number of aromatic nitrogens is 1. The second-order valence-corrected chi connectivity index (χ2v) is 5.85. The van der Waals surface area contributed by atoms with E-state index < -0.39 is 0 Å². The standard InChI is InChI=1S/C13H18N2O2S/c1-9-3-6-15-12(11(9)14)18-8-13(4-5-13)7-10(16)17-2/h3,6H,4-5,7-8,14H2,1-2H3. The first kappa shape index (κ1) is 13.2. The summed E-state index contributed by atoms with van der Waals surface area (Å²) in [5, 5.41) is 0.867. The van der Waals surface area contributed by atoms with E-state index in [4.69, 9.17) is 10.5 Å². The molecule has 1 fully saturated rings. The number of ether oxygens (including phenoxy) is 1. The largest absolute Gasteiger partial charge is 0.469 e. The minimum absolute atomic E-state index is 0.107. The van der Waals surface area contributed by atoms with Crippen LogP contribution in [0.15, 0.2) is 17.3 Å². The van der Waals surface area contributed by atoms with E-state index in [-0.39, 0.29) is 11.4 Å². The number of pyridine rings is 1. The number of carbonyl (C=O) groups is 1. The van der Waals surface area contributed by atoms with Crippen LogP contribution in [-0.2, 0) is 9.53 Å². The van der Waals surface area contributed by atoms with Crippen LogP contribution >= 0.6 is 11.8 Å². The summed E-state index contributed by atoms with van der Waals surface area (Å²) in [7, 11) is 1.44. The lowest BCUT2D eigenvalue weighted by atomic mass is 10.1. The van der Waals surface area contributed by atoms with Crippen molar-refractivity contribution in [1.82, 2.24) is 4.98 Å². The Morgan fingerprint density at radius 1 is 1.61 bits per heavy atom. The lowest BCUT2D eigenvalue weighted by Crippen LogP contribution is -2.13. The quantitative estimate of drug-likeness (QED) is 0.655. The van der Waals surface area contributed by atoms with Crippen molar-refractivity contribution in [2.75, 3.05) is 18.6 Å². The van der Waals surface area contributed by atoms with Crippen LogP contribution in [0, 0.1) is 12.3 Å². The fourth-order valence-electron chi connectivity index (χ4n) is 1.81. The SMILES string of the molecule is COC(=O)CC1(CSc2nccc(C)c2N)CC1. The molecule has 1 saturated carbocycles. The molecule has 18 heavy (non-hydrogen) atoms. The monoisotopic (exact) mass is 266 g/mol. The van der Waals surface area contributed by atoms with E-state index in [1.54, 1.807) is 18.0 Å². The maximum absolute atomic E-state index is 11.3. The van der Waals surface area contributed by atoms with Crippen LogP contribution in [0.2, 0.25) is 0 Å². The number of nitrogens with zero attached hydrogens (tertiary/aromatic N) is 1. The van der Waals surface area contributed by atoms with Crippen LogP contribution in [0.5, 0.6) is 0 Å². The van der Waals surface area contributed by atoms with E-state index in [0.29, 0.717) is 6.42 Å². The van der Waals surface area contributed by atoms with Crippen LogP contribution in [0.4, 0.5) is 5.69 Å². The van der Waals surface area contributed by atoms with Crippen molar-refractivity contribution in [3.05, 3.63) is 17.8 Å². The molecule has 0 spiro atoms. The first-order valence-corrected chi connectivity index (χ1v) is 6.96. The van der Waals surface area contributed by atoms with Crippen molar-refractivity contribution in [2.24, 2.45) is 5.41 Å². The van der Waals surface area contributed by atoms with Gasteiger partial charge in [0.05, 0.1) is 19.2 Å². The third kappa shape index (κ3) is 2.96. The van der Waals surface area contributed by atoms with Crippen LogP contribution in [0.1, 0.15) is 24.8 Å². The van der Waals surface area contributed by atoms with Gasteiger partial charge in [0.25, 0.3) is 0 Å². The van der Waals surface area contributed by atoms with Gasteiger partial charge in [0.15, 0.2) is 0 Å². The van der Waals surface area contributed by atoms with Crippen molar-refractivity contribution in [2.45, 2.75) is 31.2 Å². The number of thioether (sulfide) groups is 1. The van der Waals surface area contributed by atoms with Crippen molar-refractivity contribution in [3.8, 4) is 0 Å². The number of aryl methyl sites for hydroxylation is 1. The topological polar surface area (TPSA) is 65.2 Å². The smallest absolute Gasteiger partial charge is 0.306 e. The Kier molecular flexibility index (Phi) is 3.80. The molecule has 98 valence electrons. The van der Waals surface area contributed by atoms with Crippen LogP contribution < -0.4 is 5.73 Å². The van der Waals surface area contributed by atoms with E-state index in [2.05, 4.69) is 4.98 Å². The number of nitrogen functional groups attached to an aromatic ring is 1. The summed E-state index contributed by atoms with van der Waals surface area (Å²) in [6.45, 7) is 1.97. The number of methoxy groups -OCH3 is 1. The summed E-state index contributed by atoms with van der Waals surface area (Å²) in [5.74, 6) is 0.751. The maximum atomic E-state index is 11.3. The number of carbonyl (C=O) groups excluding carboxylic acids is 1. The Balaban J connectivity index is 1.95. The van der Waals surface area contributed by atoms with Gasteiger partial charge < -0.3 is 10.5 Å². The average Bonchev–Trinajstić information content (AvgIpc) is 3.11. The molecular weight excluding hydrogens is 248 g/mol. The Hall–Kier alpha value is -1.23. The molecule has 1 aromatic rings. The van der Waals surface area contributed by atoms with E-state index >= 15 is 0 Å². The second kappa shape index (κ2) is 5.18. The van der Waals surface area contributed by atoms with Gasteiger partial charge in [-0.25, -0.2) is 4.98 Å². The van der Waals surface area contributed by atoms with Gasteiger partial charge >= 0.3 is 5.97 Å². The molecule has 0 bridgehead atoms. The van der Waals surface area contributed by atoms with Gasteiger partial charge in [-0.15, -0.1) is 11.8 Å². The van der Waals surface area contributed by atoms with Gasteiger partial charge in [-0.05, 0) is 36.8 Å². The molecule has 4 nitrogen and oxygen atoms in total. The zero-order valence-electron chi connectivity index (χ0n) is 10.7. The third-order valence-electron chi connectivity index (χ3n) is 3.39. The number of hydrogen-bond donors (Lipinski definition) is 1. The summed E-state index contributed by atoms with van der Waals surface area (Å²) in [5.41, 5.74) is 7.88. The lowest BCUT2D eigenvalue weighted by molar-refractivity contribution is -0.141. The van der Waals surface area contributed by atoms with Crippen LogP contribution in [-0.4, -0.2) is 23.8 Å². The second-order valence-electron chi connectivity index (χ2n) is 4.89. The molecule has 0 amide bonds. The highest BCUT2D eigenvalue weighted by Gasteiger charge is 2.44. The molecule has 1 heterocycles. The predicted octanol–water partition coefficient (Wildman–Crippen LogP) is 2.41. The molecule has 0 unspecified atom stereocenters. The Morgan fingerprint density at radius 3 is 2.94 bits per heavy atom. The molecule has 0 atom stereocenters. The molecule has 2 N–H and O–H groups in total. The Bertz CT molecular complexity index is 458. The third-order valence-corrected chi connectivity index (χ3v) is 4.75. The highest BCUT2D eigenvalue weighted by molar-refractivity contribution is 7.99. The number of nitrogens with two attached hydrogens (primary N) is 1. The van der Waals surface area contributed by atoms with Gasteiger partial charge in [0.1, 0.15) is 5.03 Å². The van der Waals surface area contributed by atoms with Crippen molar-refractivity contribution < 1.29 is 9.53 Å². The highest BCUT2D eigenvalue weighted by atomic mass is 32.2. The fraction of sp³-hybridized carbons (Fsp3) is 0.538. The van der Waals surface area contributed by atoms with Gasteiger partial charge in [0.2, 0.25) is 0 Å². The maximum Gasteiger partial charge on any atom is 0.306 e. The Morgan fingerprint density at radius 2 is 2.33 bits per heavy atom. The summed E-state index contributed by atoms with van der Waals surface area (Å²) in [4.78, 5) is 15.6. The number of rotatable bonds is 5. The van der Waals surface area contributed by atoms with Crippen molar-refractivity contribution >= 4 is 23.4 Å². The van der Waals surface area contributed by atoms with Crippen LogP contribution in [0.25, 0.3) is 0 Å². The molecule has 5 heteroatoms. The predicted molar refractivity (Wildman–Crippen MR) is 72.4 cm³/mol. The molecular formula is C13H18N2O2S. The summed E-state index contributed by atoms with van der Waals surface area (Å²) >= 11 is 1.64. The van der Waals surface area contributed by atoms with Crippen LogP contribution in [0.3, 0.4) is 0 Å². The summed E-state index contributed by atoms with van der Waals surface area (Å²) < 4.78 is 4.73. The first-order chi connectivity index (χ1) is 8.56. The van der Waals surface area contributed by atoms with Gasteiger partial charge in [-0.2, -0.15) is 0 Å². The molecule has 0 aliphatic heterocycles. The zero-order valence-corrected chi connectivity index (χ0v) is 11.5. The molecule has 1 aliphatic carbocycles. The number of esters is 1. The molecule has 1 aromatic heterocycles. The fourth-order valence-corrected chi connectivity index (χ4v) is 3.09. The lowest BCUT2D eigenvalue weighted by Gasteiger charge is -2.13. The number of hydrogen-bond acceptors (Lipinski definition) is 5. The normalized spacial score (nSPS) is 16.3. The molecule has 1 aliphatic rings. The van der Waals surface area contributed by atoms with E-state index in [0.717, 1.165) is 34.9 Å². The molecule has 2 rings (SSSR count). The van der Waals surface area contributed by atoms with E-state index in [1.165, 1.54) is 7.11 Å². The van der Waals surface area contributed by atoms with E-state index in [1.807, 2.05) is 13.0 Å². The summed E-state index contributed by atoms with van der Waals surface area (Å²) in [6, 6.07) is 1.90. The minimum atomic E-state index is -0.127. The zero-order chi connectivity index (χ0) is 13.2. The highest BCUT2D eigenvalue weighted by Crippen LogP contribution is 2.52. The molecule has 0 aromatic carbocycles. The van der Waals surface area contributed by atoms with Gasteiger partial charge in [-0.3, -0.25) is 4.79 Å². The van der Waals surface area contributed by atoms with Crippen molar-refractivity contribution in [1.29, 1.82) is 0 Å². The van der Waals surface area contributed by atoms with E-state index in [9.17, 15) is 4.79 Å². The molecule has 0 saturated heterocycles. The average molecular weight is 266 g/mol. The first-order valence-electron chi connectivity index (χ1n) is 5.97. The Labute approximate surface area is 111 Å². The molecule has 0 radical (unpaired) electrons. The summed E-state index contributed by atoms with van der Waals surface area (Å²) in [6.07, 6.45) is 4.44.